The van der Waals surface area contributed by atoms with Crippen molar-refractivity contribution in [3.63, 3.8) is 0 Å². The highest BCUT2D eigenvalue weighted by molar-refractivity contribution is 5.85. The molecule has 0 bridgehead atoms. The number of nitrogens with one attached hydrogen (secondary N) is 2. The molecule has 2 atom stereocenters. The zero-order chi connectivity index (χ0) is 13.0. The number of aromatic nitrogens is 2. The molecule has 1 amide bonds. The van der Waals surface area contributed by atoms with Crippen molar-refractivity contribution in [2.45, 2.75) is 25.8 Å². The van der Waals surface area contributed by atoms with Crippen molar-refractivity contribution in [1.29, 1.82) is 0 Å². The van der Waals surface area contributed by atoms with Crippen molar-refractivity contribution < 1.29 is 14.3 Å². The standard InChI is InChI=1S/C12H17N3O3/c1-18-12(17)9-4-2-3-8(9)11(16)15-7-10-13-5-6-14-10/h5-6,8-9H,2-4,7H2,1H3,(H,13,14)(H,15,16)/t8-,9+/m1/s1. The number of ether oxygens (including phenoxy) is 1. The van der Waals surface area contributed by atoms with Gasteiger partial charge in [-0.3, -0.25) is 9.59 Å². The summed E-state index contributed by atoms with van der Waals surface area (Å²) in [5.74, 6) is -0.250. The molecule has 6 nitrogen and oxygen atoms in total. The maximum Gasteiger partial charge on any atom is 0.309 e. The summed E-state index contributed by atoms with van der Waals surface area (Å²) in [5.41, 5.74) is 0. The Kier molecular flexibility index (Phi) is 3.96. The average Bonchev–Trinajstić information content (AvgIpc) is 3.05. The Bertz CT molecular complexity index is 416. The Balaban J connectivity index is 1.89. The van der Waals surface area contributed by atoms with Crippen LogP contribution in [0.25, 0.3) is 0 Å². The number of imidazole rings is 1. The van der Waals surface area contributed by atoms with Gasteiger partial charge in [0.2, 0.25) is 5.91 Å². The number of nitrogens with zero attached hydrogens (tertiary/aromatic N) is 1. The molecule has 18 heavy (non-hydrogen) atoms. The predicted molar refractivity (Wildman–Crippen MR) is 63.3 cm³/mol. The summed E-state index contributed by atoms with van der Waals surface area (Å²) in [4.78, 5) is 30.5. The molecule has 1 saturated carbocycles. The van der Waals surface area contributed by atoms with Crippen LogP contribution in [-0.4, -0.2) is 29.0 Å². The van der Waals surface area contributed by atoms with Gasteiger partial charge in [0.1, 0.15) is 5.82 Å². The van der Waals surface area contributed by atoms with Gasteiger partial charge < -0.3 is 15.0 Å². The van der Waals surface area contributed by atoms with E-state index >= 15 is 0 Å². The molecule has 0 unspecified atom stereocenters. The Morgan fingerprint density at radius 3 is 2.94 bits per heavy atom. The number of hydrogen-bond donors (Lipinski definition) is 2. The first-order valence-corrected chi connectivity index (χ1v) is 6.06. The summed E-state index contributed by atoms with van der Waals surface area (Å²) in [5, 5.41) is 2.80. The molecular weight excluding hydrogens is 234 g/mol. The van der Waals surface area contributed by atoms with Gasteiger partial charge in [-0.25, -0.2) is 4.98 Å². The number of hydrogen-bond acceptors (Lipinski definition) is 4. The van der Waals surface area contributed by atoms with Crippen molar-refractivity contribution >= 4 is 11.9 Å². The summed E-state index contributed by atoms with van der Waals surface area (Å²) in [7, 11) is 1.36. The smallest absolute Gasteiger partial charge is 0.309 e. The Morgan fingerprint density at radius 2 is 2.28 bits per heavy atom. The zero-order valence-corrected chi connectivity index (χ0v) is 10.3. The van der Waals surface area contributed by atoms with E-state index in [1.165, 1.54) is 7.11 Å². The fourth-order valence-electron chi connectivity index (χ4n) is 2.40. The molecule has 1 heterocycles. The second-order valence-electron chi connectivity index (χ2n) is 4.42. The van der Waals surface area contributed by atoms with Crippen molar-refractivity contribution in [3.8, 4) is 0 Å². The quantitative estimate of drug-likeness (QED) is 0.768. The van der Waals surface area contributed by atoms with Crippen LogP contribution in [0, 0.1) is 11.8 Å². The Hall–Kier alpha value is -1.85. The number of H-pyrrole nitrogens is 1. The number of methoxy groups -OCH3 is 1. The van der Waals surface area contributed by atoms with Crippen LogP contribution >= 0.6 is 0 Å². The van der Waals surface area contributed by atoms with Crippen LogP contribution in [-0.2, 0) is 20.9 Å². The van der Waals surface area contributed by atoms with Crippen LogP contribution in [0.3, 0.4) is 0 Å². The van der Waals surface area contributed by atoms with Crippen LogP contribution in [0.4, 0.5) is 0 Å². The third kappa shape index (κ3) is 2.69. The van der Waals surface area contributed by atoms with Crippen molar-refractivity contribution in [3.05, 3.63) is 18.2 Å². The molecule has 6 heteroatoms. The number of esters is 1. The zero-order valence-electron chi connectivity index (χ0n) is 10.3. The second-order valence-corrected chi connectivity index (χ2v) is 4.42. The SMILES string of the molecule is COC(=O)[C@H]1CCC[C@H]1C(=O)NCc1ncc[nH]1. The van der Waals surface area contributed by atoms with Crippen LogP contribution < -0.4 is 5.32 Å². The van der Waals surface area contributed by atoms with Crippen LogP contribution in [0.15, 0.2) is 12.4 Å². The van der Waals surface area contributed by atoms with Crippen LogP contribution in [0.5, 0.6) is 0 Å². The van der Waals surface area contributed by atoms with Gasteiger partial charge in [-0.2, -0.15) is 0 Å². The van der Waals surface area contributed by atoms with Gasteiger partial charge in [0.25, 0.3) is 0 Å². The molecule has 2 N–H and O–H groups in total. The molecule has 98 valence electrons. The second kappa shape index (κ2) is 5.66. The third-order valence-electron chi connectivity index (χ3n) is 3.34. The van der Waals surface area contributed by atoms with E-state index in [0.29, 0.717) is 12.4 Å². The van der Waals surface area contributed by atoms with Gasteiger partial charge in [-0.15, -0.1) is 0 Å². The highest BCUT2D eigenvalue weighted by Crippen LogP contribution is 2.32. The topological polar surface area (TPSA) is 84.1 Å². The number of amides is 1. The van der Waals surface area contributed by atoms with Gasteiger partial charge in [0, 0.05) is 12.4 Å². The fraction of sp³-hybridized carbons (Fsp3) is 0.583. The van der Waals surface area contributed by atoms with E-state index in [1.807, 2.05) is 0 Å². The van der Waals surface area contributed by atoms with Crippen molar-refractivity contribution in [2.75, 3.05) is 7.11 Å². The lowest BCUT2D eigenvalue weighted by Gasteiger charge is -2.16. The van der Waals surface area contributed by atoms with Gasteiger partial charge in [-0.05, 0) is 12.8 Å². The van der Waals surface area contributed by atoms with E-state index in [4.69, 9.17) is 4.74 Å². The van der Waals surface area contributed by atoms with E-state index < -0.39 is 0 Å². The maximum atomic E-state index is 12.0. The number of rotatable bonds is 4. The van der Waals surface area contributed by atoms with Crippen molar-refractivity contribution in [2.24, 2.45) is 11.8 Å². The maximum absolute atomic E-state index is 12.0. The van der Waals surface area contributed by atoms with E-state index in [1.54, 1.807) is 12.4 Å². The Morgan fingerprint density at radius 1 is 1.50 bits per heavy atom. The van der Waals surface area contributed by atoms with E-state index in [-0.39, 0.29) is 23.7 Å². The molecule has 0 aromatic carbocycles. The summed E-state index contributed by atoms with van der Waals surface area (Å²) >= 11 is 0. The molecule has 0 saturated heterocycles. The van der Waals surface area contributed by atoms with Gasteiger partial charge in [-0.1, -0.05) is 6.42 Å². The summed E-state index contributed by atoms with van der Waals surface area (Å²) in [6.07, 6.45) is 5.69. The van der Waals surface area contributed by atoms with E-state index in [2.05, 4.69) is 15.3 Å². The summed E-state index contributed by atoms with van der Waals surface area (Å²) in [6.45, 7) is 0.357. The minimum atomic E-state index is -0.299. The van der Waals surface area contributed by atoms with E-state index in [0.717, 1.165) is 19.3 Å². The van der Waals surface area contributed by atoms with Gasteiger partial charge in [0.15, 0.2) is 0 Å². The fourth-order valence-corrected chi connectivity index (χ4v) is 2.40. The molecule has 0 radical (unpaired) electrons. The van der Waals surface area contributed by atoms with Crippen molar-refractivity contribution in [1.82, 2.24) is 15.3 Å². The number of carbonyl (C=O) groups is 2. The first kappa shape index (κ1) is 12.6. The monoisotopic (exact) mass is 251 g/mol. The first-order chi connectivity index (χ1) is 8.72. The highest BCUT2D eigenvalue weighted by Gasteiger charge is 2.38. The minimum Gasteiger partial charge on any atom is -0.469 e. The Labute approximate surface area is 105 Å². The molecule has 1 aromatic heterocycles. The van der Waals surface area contributed by atoms with Gasteiger partial charge >= 0.3 is 5.97 Å². The molecule has 1 aromatic rings. The van der Waals surface area contributed by atoms with Crippen LogP contribution in [0.2, 0.25) is 0 Å². The molecule has 0 aliphatic heterocycles. The molecule has 1 aliphatic rings. The molecule has 0 spiro atoms. The predicted octanol–water partition coefficient (Wildman–Crippen LogP) is 0.615. The van der Waals surface area contributed by atoms with Crippen LogP contribution in [0.1, 0.15) is 25.1 Å². The lowest BCUT2D eigenvalue weighted by molar-refractivity contribution is -0.149. The summed E-state index contributed by atoms with van der Waals surface area (Å²) < 4.78 is 4.73. The minimum absolute atomic E-state index is 0.0979. The number of carbonyl (C=O) groups excluding carboxylic acids is 2. The van der Waals surface area contributed by atoms with E-state index in [9.17, 15) is 9.59 Å². The third-order valence-corrected chi connectivity index (χ3v) is 3.34. The molecule has 1 aliphatic carbocycles. The molecule has 1 fully saturated rings. The molecule has 2 rings (SSSR count). The molecular formula is C12H17N3O3. The normalized spacial score (nSPS) is 22.7. The largest absolute Gasteiger partial charge is 0.469 e. The highest BCUT2D eigenvalue weighted by atomic mass is 16.5. The average molecular weight is 251 g/mol. The summed E-state index contributed by atoms with van der Waals surface area (Å²) in [6, 6.07) is 0. The number of aromatic amines is 1. The van der Waals surface area contributed by atoms with Gasteiger partial charge in [0.05, 0.1) is 25.5 Å². The lowest BCUT2D eigenvalue weighted by atomic mass is 9.95. The lowest BCUT2D eigenvalue weighted by Crippen LogP contribution is -2.35. The first-order valence-electron chi connectivity index (χ1n) is 6.06.